The van der Waals surface area contributed by atoms with Crippen LogP contribution < -0.4 is 11.1 Å². The molecule has 0 unspecified atom stereocenters. The summed E-state index contributed by atoms with van der Waals surface area (Å²) in [5.74, 6) is -0.0529. The first-order valence-electron chi connectivity index (χ1n) is 4.95. The van der Waals surface area contributed by atoms with Gasteiger partial charge in [-0.25, -0.2) is 8.42 Å². The molecule has 0 aromatic heterocycles. The fourth-order valence-electron chi connectivity index (χ4n) is 0.967. The standard InChI is InChI=1S/C9H20N2O3S/c1-7(2)8(10)9(12)11-5-4-6-15(3,13)14/h7-8H,4-6,10H2,1-3H3,(H,11,12)/t8-/m1/s1. The average Bonchev–Trinajstić information content (AvgIpc) is 2.09. The Hall–Kier alpha value is -0.620. The summed E-state index contributed by atoms with van der Waals surface area (Å²) in [4.78, 5) is 11.3. The van der Waals surface area contributed by atoms with E-state index in [2.05, 4.69) is 5.32 Å². The largest absolute Gasteiger partial charge is 0.355 e. The molecule has 0 bridgehead atoms. The van der Waals surface area contributed by atoms with Gasteiger partial charge in [0.2, 0.25) is 5.91 Å². The average molecular weight is 236 g/mol. The normalized spacial score (nSPS) is 13.9. The Morgan fingerprint density at radius 3 is 2.33 bits per heavy atom. The van der Waals surface area contributed by atoms with Crippen LogP contribution >= 0.6 is 0 Å². The summed E-state index contributed by atoms with van der Waals surface area (Å²) in [6.45, 7) is 4.08. The predicted molar refractivity (Wildman–Crippen MR) is 60.2 cm³/mol. The third kappa shape index (κ3) is 7.33. The molecule has 0 saturated carbocycles. The second-order valence-corrected chi connectivity index (χ2v) is 6.30. The second-order valence-electron chi connectivity index (χ2n) is 4.04. The van der Waals surface area contributed by atoms with Gasteiger partial charge in [0.25, 0.3) is 0 Å². The van der Waals surface area contributed by atoms with E-state index < -0.39 is 15.9 Å². The minimum atomic E-state index is -2.94. The molecule has 0 saturated heterocycles. The number of rotatable bonds is 6. The minimum Gasteiger partial charge on any atom is -0.355 e. The first-order valence-corrected chi connectivity index (χ1v) is 7.01. The second kappa shape index (κ2) is 6.07. The van der Waals surface area contributed by atoms with Gasteiger partial charge in [-0.1, -0.05) is 13.8 Å². The summed E-state index contributed by atoms with van der Waals surface area (Å²) >= 11 is 0. The molecule has 5 nitrogen and oxygen atoms in total. The SMILES string of the molecule is CC(C)[C@@H](N)C(=O)NCCCS(C)(=O)=O. The number of amides is 1. The summed E-state index contributed by atoms with van der Waals surface area (Å²) in [5.41, 5.74) is 5.60. The number of nitrogens with two attached hydrogens (primary N) is 1. The molecule has 0 radical (unpaired) electrons. The maximum atomic E-state index is 11.3. The van der Waals surface area contributed by atoms with E-state index in [1.165, 1.54) is 6.26 Å². The number of hydrogen-bond donors (Lipinski definition) is 2. The van der Waals surface area contributed by atoms with Crippen LogP contribution in [0.25, 0.3) is 0 Å². The zero-order chi connectivity index (χ0) is 12.1. The molecule has 0 aliphatic heterocycles. The summed E-state index contributed by atoms with van der Waals surface area (Å²) in [6, 6.07) is -0.525. The van der Waals surface area contributed by atoms with Crippen LogP contribution in [0.15, 0.2) is 0 Å². The highest BCUT2D eigenvalue weighted by atomic mass is 32.2. The predicted octanol–water partition coefficient (Wildman–Crippen LogP) is -0.479. The monoisotopic (exact) mass is 236 g/mol. The molecule has 0 aliphatic carbocycles. The van der Waals surface area contributed by atoms with Crippen LogP contribution in [0.3, 0.4) is 0 Å². The summed E-state index contributed by atoms with van der Waals surface area (Å²) in [5, 5.41) is 2.61. The molecule has 15 heavy (non-hydrogen) atoms. The van der Waals surface area contributed by atoms with Crippen LogP contribution in [0.2, 0.25) is 0 Å². The number of nitrogens with one attached hydrogen (secondary N) is 1. The summed E-state index contributed by atoms with van der Waals surface area (Å²) in [7, 11) is -2.94. The van der Waals surface area contributed by atoms with E-state index in [1.54, 1.807) is 0 Å². The van der Waals surface area contributed by atoms with Gasteiger partial charge < -0.3 is 11.1 Å². The Morgan fingerprint density at radius 2 is 1.93 bits per heavy atom. The zero-order valence-corrected chi connectivity index (χ0v) is 10.3. The van der Waals surface area contributed by atoms with Crippen molar-refractivity contribution in [3.63, 3.8) is 0 Å². The molecule has 0 rings (SSSR count). The van der Waals surface area contributed by atoms with E-state index >= 15 is 0 Å². The molecule has 0 aromatic carbocycles. The van der Waals surface area contributed by atoms with Crippen molar-refractivity contribution < 1.29 is 13.2 Å². The van der Waals surface area contributed by atoms with Crippen LogP contribution in [-0.2, 0) is 14.6 Å². The van der Waals surface area contributed by atoms with Crippen molar-refractivity contribution in [2.24, 2.45) is 11.7 Å². The van der Waals surface area contributed by atoms with Crippen LogP contribution in [0.5, 0.6) is 0 Å². The van der Waals surface area contributed by atoms with E-state index in [0.717, 1.165) is 0 Å². The molecule has 0 heterocycles. The van der Waals surface area contributed by atoms with E-state index in [-0.39, 0.29) is 17.6 Å². The lowest BCUT2D eigenvalue weighted by molar-refractivity contribution is -0.123. The lowest BCUT2D eigenvalue weighted by Gasteiger charge is -2.14. The van der Waals surface area contributed by atoms with Gasteiger partial charge in [0.15, 0.2) is 0 Å². The van der Waals surface area contributed by atoms with E-state index in [1.807, 2.05) is 13.8 Å². The Bertz CT molecular complexity index is 298. The minimum absolute atomic E-state index is 0.0832. The fraction of sp³-hybridized carbons (Fsp3) is 0.889. The molecule has 0 fully saturated rings. The van der Waals surface area contributed by atoms with Crippen molar-refractivity contribution in [3.05, 3.63) is 0 Å². The van der Waals surface area contributed by atoms with Gasteiger partial charge in [-0.15, -0.1) is 0 Å². The summed E-state index contributed by atoms with van der Waals surface area (Å²) < 4.78 is 21.6. The summed E-state index contributed by atoms with van der Waals surface area (Å²) in [6.07, 6.45) is 1.60. The van der Waals surface area contributed by atoms with Crippen molar-refractivity contribution in [1.29, 1.82) is 0 Å². The fourth-order valence-corrected chi connectivity index (χ4v) is 1.64. The maximum absolute atomic E-state index is 11.3. The maximum Gasteiger partial charge on any atom is 0.237 e. The Kier molecular flexibility index (Phi) is 5.82. The van der Waals surface area contributed by atoms with Crippen molar-refractivity contribution in [2.45, 2.75) is 26.3 Å². The zero-order valence-electron chi connectivity index (χ0n) is 9.49. The van der Waals surface area contributed by atoms with Crippen molar-refractivity contribution in [2.75, 3.05) is 18.6 Å². The molecule has 6 heteroatoms. The Morgan fingerprint density at radius 1 is 1.40 bits per heavy atom. The lowest BCUT2D eigenvalue weighted by atomic mass is 10.1. The topological polar surface area (TPSA) is 89.3 Å². The molecular formula is C9H20N2O3S. The molecule has 1 atom stereocenters. The van der Waals surface area contributed by atoms with Gasteiger partial charge in [-0.3, -0.25) is 4.79 Å². The first-order chi connectivity index (χ1) is 6.74. The number of hydrogen-bond acceptors (Lipinski definition) is 4. The molecule has 1 amide bonds. The van der Waals surface area contributed by atoms with Gasteiger partial charge in [0.1, 0.15) is 9.84 Å². The molecule has 0 aromatic rings. The van der Waals surface area contributed by atoms with Crippen molar-refractivity contribution >= 4 is 15.7 Å². The van der Waals surface area contributed by atoms with Gasteiger partial charge in [0, 0.05) is 12.8 Å². The molecule has 90 valence electrons. The van der Waals surface area contributed by atoms with Gasteiger partial charge in [-0.2, -0.15) is 0 Å². The highest BCUT2D eigenvalue weighted by molar-refractivity contribution is 7.90. The van der Waals surface area contributed by atoms with Gasteiger partial charge in [0.05, 0.1) is 11.8 Å². The Labute approximate surface area is 91.3 Å². The number of carbonyl (C=O) groups is 1. The van der Waals surface area contributed by atoms with E-state index in [9.17, 15) is 13.2 Å². The van der Waals surface area contributed by atoms with E-state index in [0.29, 0.717) is 13.0 Å². The first kappa shape index (κ1) is 14.4. The molecule has 0 aliphatic rings. The molecular weight excluding hydrogens is 216 g/mol. The highest BCUT2D eigenvalue weighted by Gasteiger charge is 2.16. The van der Waals surface area contributed by atoms with Crippen LogP contribution in [0, 0.1) is 5.92 Å². The van der Waals surface area contributed by atoms with Crippen LogP contribution in [-0.4, -0.2) is 38.9 Å². The number of carbonyl (C=O) groups excluding carboxylic acids is 1. The van der Waals surface area contributed by atoms with Crippen LogP contribution in [0.4, 0.5) is 0 Å². The van der Waals surface area contributed by atoms with Crippen molar-refractivity contribution in [3.8, 4) is 0 Å². The van der Waals surface area contributed by atoms with Crippen LogP contribution in [0.1, 0.15) is 20.3 Å². The number of sulfone groups is 1. The third-order valence-corrected chi connectivity index (χ3v) is 3.04. The van der Waals surface area contributed by atoms with Crippen molar-refractivity contribution in [1.82, 2.24) is 5.32 Å². The van der Waals surface area contributed by atoms with E-state index in [4.69, 9.17) is 5.73 Å². The lowest BCUT2D eigenvalue weighted by Crippen LogP contribution is -2.44. The molecule has 3 N–H and O–H groups in total. The Balaban J connectivity index is 3.74. The third-order valence-electron chi connectivity index (χ3n) is 2.01. The molecule has 0 spiro atoms. The van der Waals surface area contributed by atoms with Gasteiger partial charge in [-0.05, 0) is 12.3 Å². The highest BCUT2D eigenvalue weighted by Crippen LogP contribution is 1.97. The van der Waals surface area contributed by atoms with Gasteiger partial charge >= 0.3 is 0 Å². The smallest absolute Gasteiger partial charge is 0.237 e. The quantitative estimate of drug-likeness (QED) is 0.610.